The summed E-state index contributed by atoms with van der Waals surface area (Å²) in [6, 6.07) is 6.69. The van der Waals surface area contributed by atoms with Gasteiger partial charge in [0.1, 0.15) is 22.7 Å². The minimum Gasteiger partial charge on any atom is -0.496 e. The zero-order chi connectivity index (χ0) is 30.5. The van der Waals surface area contributed by atoms with Crippen LogP contribution in [-0.4, -0.2) is 60.5 Å². The van der Waals surface area contributed by atoms with Crippen LogP contribution in [0.15, 0.2) is 42.5 Å². The quantitative estimate of drug-likeness (QED) is 0.187. The van der Waals surface area contributed by atoms with Crippen LogP contribution >= 0.6 is 0 Å². The fourth-order valence-electron chi connectivity index (χ4n) is 3.92. The van der Waals surface area contributed by atoms with Crippen LogP contribution < -0.4 is 24.3 Å². The highest BCUT2D eigenvalue weighted by Gasteiger charge is 2.31. The van der Waals surface area contributed by atoms with Crippen molar-refractivity contribution in [2.75, 3.05) is 14.2 Å². The van der Waals surface area contributed by atoms with Crippen LogP contribution in [-0.2, 0) is 9.53 Å². The first-order valence-electron chi connectivity index (χ1n) is 13.0. The number of aliphatic hydroxyl groups excluding tert-OH is 1. The molecule has 2 aromatic rings. The van der Waals surface area contributed by atoms with E-state index in [4.69, 9.17) is 23.7 Å². The Morgan fingerprint density at radius 1 is 1.02 bits per heavy atom. The van der Waals surface area contributed by atoms with Gasteiger partial charge in [0.25, 0.3) is 0 Å². The third kappa shape index (κ3) is 8.11. The number of hydrogen-bond donors (Lipinski definition) is 2. The Labute approximate surface area is 239 Å². The molecule has 3 rings (SSSR count). The first kappa shape index (κ1) is 31.2. The van der Waals surface area contributed by atoms with Crippen LogP contribution in [0, 0.1) is 0 Å². The van der Waals surface area contributed by atoms with Crippen LogP contribution in [0.25, 0.3) is 12.2 Å². The highest BCUT2D eigenvalue weighted by Crippen LogP contribution is 2.40. The summed E-state index contributed by atoms with van der Waals surface area (Å²) in [7, 11) is 2.95. The first-order valence-corrected chi connectivity index (χ1v) is 13.0. The molecule has 2 N–H and O–H groups in total. The lowest BCUT2D eigenvalue weighted by Gasteiger charge is -2.29. The fraction of sp³-hybridized carbons (Fsp3) is 0.387. The van der Waals surface area contributed by atoms with E-state index in [0.717, 1.165) is 0 Å². The van der Waals surface area contributed by atoms with E-state index >= 15 is 0 Å². The third-order valence-electron chi connectivity index (χ3n) is 5.89. The number of benzene rings is 2. The third-order valence-corrected chi connectivity index (χ3v) is 5.89. The Morgan fingerprint density at radius 3 is 2.29 bits per heavy atom. The van der Waals surface area contributed by atoms with Gasteiger partial charge in [-0.2, -0.15) is 0 Å². The molecule has 1 heterocycles. The first-order chi connectivity index (χ1) is 19.1. The minimum atomic E-state index is -1.41. The van der Waals surface area contributed by atoms with Gasteiger partial charge in [-0.1, -0.05) is 12.1 Å². The summed E-state index contributed by atoms with van der Waals surface area (Å²) in [6.45, 7) is 10.1. The van der Waals surface area contributed by atoms with Crippen LogP contribution in [0.3, 0.4) is 0 Å². The van der Waals surface area contributed by atoms with Gasteiger partial charge >= 0.3 is 12.1 Å². The molecule has 0 aliphatic carbocycles. The maximum atomic E-state index is 13.2. The summed E-state index contributed by atoms with van der Waals surface area (Å²) >= 11 is 0. The smallest absolute Gasteiger partial charge is 0.408 e. The number of fused-ring (bicyclic) bond motifs is 1. The lowest BCUT2D eigenvalue weighted by Crippen LogP contribution is -2.50. The number of esters is 1. The van der Waals surface area contributed by atoms with E-state index in [-0.39, 0.29) is 17.3 Å². The second-order valence-electron chi connectivity index (χ2n) is 11.0. The molecular weight excluding hydrogens is 530 g/mol. The Balaban J connectivity index is 1.84. The molecule has 0 fully saturated rings. The maximum absolute atomic E-state index is 13.2. The molecule has 10 heteroatoms. The lowest BCUT2D eigenvalue weighted by atomic mass is 9.97. The molecule has 2 aromatic carbocycles. The van der Waals surface area contributed by atoms with Crippen molar-refractivity contribution >= 4 is 30.0 Å². The van der Waals surface area contributed by atoms with E-state index in [1.165, 1.54) is 26.2 Å². The monoisotopic (exact) mass is 567 g/mol. The molecule has 41 heavy (non-hydrogen) atoms. The molecule has 1 amide bonds. The maximum Gasteiger partial charge on any atom is 0.408 e. The van der Waals surface area contributed by atoms with Crippen molar-refractivity contribution in [1.29, 1.82) is 0 Å². The highest BCUT2D eigenvalue weighted by atomic mass is 16.6. The number of allylic oxidation sites excluding steroid dienone is 1. The second kappa shape index (κ2) is 12.5. The number of alkyl carbamates (subject to hydrolysis) is 1. The molecule has 1 aliphatic rings. The molecule has 0 saturated heterocycles. The molecule has 0 radical (unpaired) electrons. The summed E-state index contributed by atoms with van der Waals surface area (Å²) in [5.74, 6) is 0.0399. The fourth-order valence-corrected chi connectivity index (χ4v) is 3.92. The number of carbonyl (C=O) groups excluding carboxylic acids is 3. The van der Waals surface area contributed by atoms with E-state index in [1.54, 1.807) is 58.2 Å². The van der Waals surface area contributed by atoms with Crippen LogP contribution in [0.4, 0.5) is 4.79 Å². The van der Waals surface area contributed by atoms with Crippen molar-refractivity contribution in [3.05, 3.63) is 59.2 Å². The number of carbonyl (C=O) groups is 3. The highest BCUT2D eigenvalue weighted by molar-refractivity contribution is 6.09. The number of nitrogens with one attached hydrogen (secondary N) is 1. The lowest BCUT2D eigenvalue weighted by molar-refractivity contribution is -0.139. The number of rotatable bonds is 9. The normalized spacial score (nSPS) is 15.2. The molecule has 2 atom stereocenters. The molecule has 0 saturated carbocycles. The van der Waals surface area contributed by atoms with Crippen molar-refractivity contribution in [3.63, 3.8) is 0 Å². The molecule has 0 bridgehead atoms. The van der Waals surface area contributed by atoms with Gasteiger partial charge in [-0.25, -0.2) is 9.59 Å². The zero-order valence-electron chi connectivity index (χ0n) is 24.6. The number of aliphatic hydroxyl groups is 1. The van der Waals surface area contributed by atoms with Crippen LogP contribution in [0.1, 0.15) is 63.0 Å². The summed E-state index contributed by atoms with van der Waals surface area (Å²) in [5.41, 5.74) is 0.164. The predicted molar refractivity (Wildman–Crippen MR) is 154 cm³/mol. The second-order valence-corrected chi connectivity index (χ2v) is 11.0. The van der Waals surface area contributed by atoms with Gasteiger partial charge < -0.3 is 34.1 Å². The predicted octanol–water partition coefficient (Wildman–Crippen LogP) is 4.96. The molecule has 1 aliphatic heterocycles. The topological polar surface area (TPSA) is 130 Å². The minimum absolute atomic E-state index is 0.0285. The molecule has 0 spiro atoms. The van der Waals surface area contributed by atoms with Gasteiger partial charge in [-0.05, 0) is 89.6 Å². The number of ether oxygens (including phenoxy) is 5. The van der Waals surface area contributed by atoms with Gasteiger partial charge in [-0.15, -0.1) is 0 Å². The summed E-state index contributed by atoms with van der Waals surface area (Å²) in [4.78, 5) is 38.3. The standard InChI is InChI=1S/C31H37NO9/c1-18(33)26(32-29(36)41-30(2,3)4)28(35)39-25-17-19(10-13-24(25)38-8)9-12-22(34)20-11-14-23(37-7)21-15-16-31(5,6)40-27(20)21/h9-18,26,33H,1-8H3,(H,32,36)/b12-9+. The summed E-state index contributed by atoms with van der Waals surface area (Å²) in [6.07, 6.45) is 4.55. The SMILES string of the molecule is COc1ccc(/C=C/C(=O)c2ccc(OC)c3c2OC(C)(C)C=C3)cc1OC(=O)C(NC(=O)OC(C)(C)C)C(C)O. The largest absolute Gasteiger partial charge is 0.496 e. The number of amides is 1. The summed E-state index contributed by atoms with van der Waals surface area (Å²) in [5, 5.41) is 12.5. The number of hydrogen-bond acceptors (Lipinski definition) is 9. The van der Waals surface area contributed by atoms with Crippen molar-refractivity contribution in [1.82, 2.24) is 5.32 Å². The molecule has 0 aromatic heterocycles. The van der Waals surface area contributed by atoms with Crippen molar-refractivity contribution in [2.24, 2.45) is 0 Å². The van der Waals surface area contributed by atoms with Gasteiger partial charge in [0.2, 0.25) is 0 Å². The van der Waals surface area contributed by atoms with Crippen molar-refractivity contribution in [3.8, 4) is 23.0 Å². The zero-order valence-corrected chi connectivity index (χ0v) is 24.6. The Hall–Kier alpha value is -4.31. The van der Waals surface area contributed by atoms with Crippen LogP contribution in [0.2, 0.25) is 0 Å². The van der Waals surface area contributed by atoms with Crippen molar-refractivity contribution < 1.29 is 43.2 Å². The Kier molecular flexibility index (Phi) is 9.49. The van der Waals surface area contributed by atoms with Crippen LogP contribution in [0.5, 0.6) is 23.0 Å². The molecular formula is C31H37NO9. The van der Waals surface area contributed by atoms with E-state index in [1.807, 2.05) is 26.0 Å². The van der Waals surface area contributed by atoms with Gasteiger partial charge in [0.15, 0.2) is 23.3 Å². The van der Waals surface area contributed by atoms with Crippen molar-refractivity contribution in [2.45, 2.75) is 64.9 Å². The average molecular weight is 568 g/mol. The van der Waals surface area contributed by atoms with E-state index < -0.39 is 35.4 Å². The molecule has 10 nitrogen and oxygen atoms in total. The van der Waals surface area contributed by atoms with Gasteiger partial charge in [0, 0.05) is 0 Å². The number of methoxy groups -OCH3 is 2. The molecule has 220 valence electrons. The van der Waals surface area contributed by atoms with E-state index in [2.05, 4.69) is 5.32 Å². The Morgan fingerprint density at radius 2 is 1.68 bits per heavy atom. The number of ketones is 1. The van der Waals surface area contributed by atoms with E-state index in [9.17, 15) is 19.5 Å². The van der Waals surface area contributed by atoms with Gasteiger partial charge in [-0.3, -0.25) is 4.79 Å². The summed E-state index contributed by atoms with van der Waals surface area (Å²) < 4.78 is 27.5. The average Bonchev–Trinajstić information content (AvgIpc) is 2.88. The Bertz CT molecular complexity index is 1370. The van der Waals surface area contributed by atoms with Gasteiger partial charge in [0.05, 0.1) is 31.5 Å². The molecule has 2 unspecified atom stereocenters. The van der Waals surface area contributed by atoms with E-state index in [0.29, 0.717) is 28.2 Å².